The fraction of sp³-hybridized carbons (Fsp3) is 0.444. The summed E-state index contributed by atoms with van der Waals surface area (Å²) in [6, 6.07) is 6.25. The molecular weight excluding hydrogens is 431 g/mol. The van der Waals surface area contributed by atoms with E-state index in [0.29, 0.717) is 12.5 Å². The Morgan fingerprint density at radius 2 is 1.83 bits per heavy atom. The summed E-state index contributed by atoms with van der Waals surface area (Å²) in [4.78, 5) is 9.07. The molecular formula is C18H27IN4S. The third-order valence-electron chi connectivity index (χ3n) is 3.34. The van der Waals surface area contributed by atoms with Gasteiger partial charge >= 0.3 is 0 Å². The van der Waals surface area contributed by atoms with E-state index in [1.165, 1.54) is 11.1 Å². The Hall–Kier alpha value is -1.15. The second-order valence-electron chi connectivity index (χ2n) is 6.91. The van der Waals surface area contributed by atoms with Crippen LogP contribution in [0.2, 0.25) is 0 Å². The number of anilines is 1. The van der Waals surface area contributed by atoms with E-state index in [9.17, 15) is 0 Å². The van der Waals surface area contributed by atoms with Gasteiger partial charge < -0.3 is 11.1 Å². The molecule has 2 aromatic rings. The average Bonchev–Trinajstić information content (AvgIpc) is 2.86. The highest BCUT2D eigenvalue weighted by molar-refractivity contribution is 14.0. The Morgan fingerprint density at radius 1 is 1.21 bits per heavy atom. The summed E-state index contributed by atoms with van der Waals surface area (Å²) in [7, 11) is 0. The molecule has 0 aliphatic rings. The van der Waals surface area contributed by atoms with Crippen molar-refractivity contribution in [2.75, 3.05) is 11.9 Å². The number of nitrogens with zero attached hydrogens (tertiary/aromatic N) is 2. The average molecular weight is 458 g/mol. The van der Waals surface area contributed by atoms with E-state index in [0.717, 1.165) is 22.8 Å². The van der Waals surface area contributed by atoms with Crippen molar-refractivity contribution in [1.29, 1.82) is 0 Å². The summed E-state index contributed by atoms with van der Waals surface area (Å²) in [6.45, 7) is 11.3. The number of halogens is 1. The Labute approximate surface area is 166 Å². The van der Waals surface area contributed by atoms with Crippen LogP contribution in [0.15, 0.2) is 28.6 Å². The molecule has 3 N–H and O–H groups in total. The molecule has 1 aromatic carbocycles. The first-order chi connectivity index (χ1) is 10.7. The number of nitrogens with one attached hydrogen (secondary N) is 1. The van der Waals surface area contributed by atoms with Gasteiger partial charge in [0.05, 0.1) is 10.7 Å². The van der Waals surface area contributed by atoms with Gasteiger partial charge in [-0.05, 0) is 37.1 Å². The van der Waals surface area contributed by atoms with Crippen molar-refractivity contribution in [3.63, 3.8) is 0 Å². The zero-order chi connectivity index (χ0) is 17.0. The van der Waals surface area contributed by atoms with Crippen LogP contribution in [0.1, 0.15) is 42.6 Å². The normalized spacial score (nSPS) is 12.0. The van der Waals surface area contributed by atoms with Gasteiger partial charge in [-0.1, -0.05) is 26.8 Å². The molecule has 0 saturated heterocycles. The number of thiazole rings is 1. The van der Waals surface area contributed by atoms with Crippen LogP contribution in [0.3, 0.4) is 0 Å². The SMILES string of the molecule is Cc1cc(C)cc(NC(N)=NCCc2csc(C(C)(C)C)n2)c1.I. The highest BCUT2D eigenvalue weighted by Crippen LogP contribution is 2.25. The lowest BCUT2D eigenvalue weighted by Crippen LogP contribution is -2.23. The van der Waals surface area contributed by atoms with Crippen LogP contribution in [-0.2, 0) is 11.8 Å². The molecule has 132 valence electrons. The Balaban J connectivity index is 0.00000288. The molecule has 0 fully saturated rings. The maximum Gasteiger partial charge on any atom is 0.193 e. The maximum atomic E-state index is 5.97. The number of guanidine groups is 1. The van der Waals surface area contributed by atoms with Gasteiger partial charge in [0.2, 0.25) is 0 Å². The van der Waals surface area contributed by atoms with Crippen LogP contribution in [-0.4, -0.2) is 17.5 Å². The van der Waals surface area contributed by atoms with E-state index in [1.807, 2.05) is 0 Å². The van der Waals surface area contributed by atoms with E-state index in [4.69, 9.17) is 5.73 Å². The summed E-state index contributed by atoms with van der Waals surface area (Å²) in [5, 5.41) is 6.43. The fourth-order valence-corrected chi connectivity index (χ4v) is 3.23. The molecule has 0 saturated carbocycles. The first-order valence-electron chi connectivity index (χ1n) is 7.84. The fourth-order valence-electron chi connectivity index (χ4n) is 2.29. The van der Waals surface area contributed by atoms with Crippen LogP contribution in [0.4, 0.5) is 5.69 Å². The first-order valence-corrected chi connectivity index (χ1v) is 8.72. The summed E-state index contributed by atoms with van der Waals surface area (Å²) in [5.74, 6) is 0.446. The standard InChI is InChI=1S/C18H26N4S.HI/c1-12-8-13(2)10-15(9-12)22-17(19)20-7-6-14-11-23-16(21-14)18(3,4)5;/h8-11H,6-7H2,1-5H3,(H3,19,20,22);1H. The van der Waals surface area contributed by atoms with Gasteiger partial charge in [-0.2, -0.15) is 0 Å². The van der Waals surface area contributed by atoms with Gasteiger partial charge in [0.15, 0.2) is 5.96 Å². The number of aliphatic imine (C=N–C) groups is 1. The molecule has 2 rings (SSSR count). The van der Waals surface area contributed by atoms with E-state index in [1.54, 1.807) is 11.3 Å². The van der Waals surface area contributed by atoms with Crippen molar-refractivity contribution < 1.29 is 0 Å². The predicted molar refractivity (Wildman–Crippen MR) is 116 cm³/mol. The molecule has 0 spiro atoms. The largest absolute Gasteiger partial charge is 0.370 e. The molecule has 6 heteroatoms. The third-order valence-corrected chi connectivity index (χ3v) is 4.65. The number of hydrogen-bond acceptors (Lipinski definition) is 3. The van der Waals surface area contributed by atoms with E-state index >= 15 is 0 Å². The summed E-state index contributed by atoms with van der Waals surface area (Å²) in [5.41, 5.74) is 10.5. The molecule has 0 unspecified atom stereocenters. The Morgan fingerprint density at radius 3 is 2.38 bits per heavy atom. The molecule has 1 heterocycles. The molecule has 1 aromatic heterocycles. The second kappa shape index (κ2) is 8.80. The number of aromatic nitrogens is 1. The zero-order valence-electron chi connectivity index (χ0n) is 15.0. The van der Waals surface area contributed by atoms with Crippen LogP contribution in [0.5, 0.6) is 0 Å². The van der Waals surface area contributed by atoms with Crippen molar-refractivity contribution in [1.82, 2.24) is 4.98 Å². The van der Waals surface area contributed by atoms with Crippen molar-refractivity contribution in [3.05, 3.63) is 45.4 Å². The lowest BCUT2D eigenvalue weighted by atomic mass is 9.98. The van der Waals surface area contributed by atoms with Gasteiger partial charge in [0, 0.05) is 29.4 Å². The number of aryl methyl sites for hydroxylation is 2. The number of nitrogens with two attached hydrogens (primary N) is 1. The lowest BCUT2D eigenvalue weighted by molar-refractivity contribution is 0.583. The smallest absolute Gasteiger partial charge is 0.193 e. The molecule has 0 bridgehead atoms. The number of rotatable bonds is 4. The van der Waals surface area contributed by atoms with Gasteiger partial charge in [-0.3, -0.25) is 4.99 Å². The van der Waals surface area contributed by atoms with Gasteiger partial charge in [-0.25, -0.2) is 4.98 Å². The van der Waals surface area contributed by atoms with Crippen LogP contribution in [0, 0.1) is 13.8 Å². The highest BCUT2D eigenvalue weighted by Gasteiger charge is 2.17. The molecule has 0 amide bonds. The molecule has 0 aliphatic heterocycles. The van der Waals surface area contributed by atoms with Gasteiger partial charge in [0.25, 0.3) is 0 Å². The minimum atomic E-state index is 0. The van der Waals surface area contributed by atoms with Gasteiger partial charge in [-0.15, -0.1) is 35.3 Å². The van der Waals surface area contributed by atoms with Crippen LogP contribution in [0.25, 0.3) is 0 Å². The quantitative estimate of drug-likeness (QED) is 0.399. The van der Waals surface area contributed by atoms with Gasteiger partial charge in [0.1, 0.15) is 0 Å². The molecule has 0 atom stereocenters. The summed E-state index contributed by atoms with van der Waals surface area (Å²) >= 11 is 1.71. The van der Waals surface area contributed by atoms with E-state index in [-0.39, 0.29) is 29.4 Å². The van der Waals surface area contributed by atoms with Crippen molar-refractivity contribution in [2.24, 2.45) is 10.7 Å². The Bertz CT molecular complexity index is 681. The number of hydrogen-bond donors (Lipinski definition) is 2. The summed E-state index contributed by atoms with van der Waals surface area (Å²) < 4.78 is 0. The van der Waals surface area contributed by atoms with Crippen LogP contribution >= 0.6 is 35.3 Å². The molecule has 0 radical (unpaired) electrons. The van der Waals surface area contributed by atoms with E-state index < -0.39 is 0 Å². The molecule has 0 aliphatic carbocycles. The molecule has 24 heavy (non-hydrogen) atoms. The zero-order valence-corrected chi connectivity index (χ0v) is 18.2. The predicted octanol–water partition coefficient (Wildman–Crippen LogP) is 4.64. The summed E-state index contributed by atoms with van der Waals surface area (Å²) in [6.07, 6.45) is 0.807. The van der Waals surface area contributed by atoms with Crippen molar-refractivity contribution in [3.8, 4) is 0 Å². The minimum Gasteiger partial charge on any atom is -0.370 e. The molecule has 4 nitrogen and oxygen atoms in total. The first kappa shape index (κ1) is 20.9. The maximum absolute atomic E-state index is 5.97. The third kappa shape index (κ3) is 6.39. The Kier molecular flexibility index (Phi) is 7.66. The minimum absolute atomic E-state index is 0. The number of benzene rings is 1. The lowest BCUT2D eigenvalue weighted by Gasteiger charge is -2.13. The van der Waals surface area contributed by atoms with E-state index in [2.05, 4.69) is 73.5 Å². The van der Waals surface area contributed by atoms with Crippen LogP contribution < -0.4 is 11.1 Å². The van der Waals surface area contributed by atoms with Crippen molar-refractivity contribution >= 4 is 47.0 Å². The second-order valence-corrected chi connectivity index (χ2v) is 7.77. The monoisotopic (exact) mass is 458 g/mol. The highest BCUT2D eigenvalue weighted by atomic mass is 127. The topological polar surface area (TPSA) is 63.3 Å². The van der Waals surface area contributed by atoms with Crippen molar-refractivity contribution in [2.45, 2.75) is 46.5 Å².